The Morgan fingerprint density at radius 3 is 2.60 bits per heavy atom. The Morgan fingerprint density at radius 1 is 1.32 bits per heavy atom. The number of carboxylic acids is 1. The summed E-state index contributed by atoms with van der Waals surface area (Å²) in [5, 5.41) is 9.24. The summed E-state index contributed by atoms with van der Waals surface area (Å²) in [6.07, 6.45) is -0.821. The van der Waals surface area contributed by atoms with Gasteiger partial charge in [0.25, 0.3) is 0 Å². The molecule has 134 valence electrons. The third-order valence-electron chi connectivity index (χ3n) is 4.52. The summed E-state index contributed by atoms with van der Waals surface area (Å²) < 4.78 is 9.97. The van der Waals surface area contributed by atoms with Crippen molar-refractivity contribution in [2.24, 2.45) is 5.73 Å². The average Bonchev–Trinajstić information content (AvgIpc) is 2.98. The number of aliphatic carboxylic acids is 1. The standard InChI is InChI=1S/C16H19N3O6/c17-7-13-8-18(16(23)25-13)11-1-3-12(4-2-11)19(9-15(21)22)5-6-24-10-14(19)20/h1-4,13H,5-10,17H2/p+1/t13-,19?/m1/s1. The number of cyclic esters (lactones) is 1. The minimum atomic E-state index is -1.06. The Bertz CT molecular complexity index is 692. The number of rotatable bonds is 5. The molecule has 1 aromatic rings. The van der Waals surface area contributed by atoms with Crippen molar-refractivity contribution in [3.05, 3.63) is 24.3 Å². The lowest BCUT2D eigenvalue weighted by Crippen LogP contribution is -2.62. The molecule has 9 heteroatoms. The predicted octanol–water partition coefficient (Wildman–Crippen LogP) is -0.0808. The van der Waals surface area contributed by atoms with Crippen molar-refractivity contribution in [2.45, 2.75) is 6.10 Å². The van der Waals surface area contributed by atoms with Crippen LogP contribution in [-0.4, -0.2) is 68.6 Å². The lowest BCUT2D eigenvalue weighted by molar-refractivity contribution is -0.150. The van der Waals surface area contributed by atoms with Gasteiger partial charge in [-0.3, -0.25) is 4.90 Å². The quantitative estimate of drug-likeness (QED) is 0.713. The highest BCUT2D eigenvalue weighted by Gasteiger charge is 2.44. The van der Waals surface area contributed by atoms with Gasteiger partial charge in [-0.2, -0.15) is 0 Å². The number of carbonyl (C=O) groups excluding carboxylic acids is 2. The fourth-order valence-electron chi connectivity index (χ4n) is 3.16. The van der Waals surface area contributed by atoms with Crippen molar-refractivity contribution >= 4 is 29.3 Å². The SMILES string of the molecule is NC[C@@H]1CN(c2ccc([N+]3(CC(=O)O)CCOCC3=O)cc2)C(=O)O1. The second-order valence-electron chi connectivity index (χ2n) is 6.06. The summed E-state index contributed by atoms with van der Waals surface area (Å²) in [6.45, 7) is 0.696. The van der Waals surface area contributed by atoms with E-state index in [9.17, 15) is 19.5 Å². The van der Waals surface area contributed by atoms with Crippen LogP contribution in [0.5, 0.6) is 0 Å². The largest absolute Gasteiger partial charge is 0.477 e. The molecule has 2 atom stereocenters. The number of morpholine rings is 1. The molecule has 1 aromatic carbocycles. The molecule has 0 aliphatic carbocycles. The Hall–Kier alpha value is -2.49. The van der Waals surface area contributed by atoms with Crippen molar-refractivity contribution in [2.75, 3.05) is 44.3 Å². The first kappa shape index (κ1) is 17.3. The van der Waals surface area contributed by atoms with Gasteiger partial charge in [0.15, 0.2) is 13.2 Å². The highest BCUT2D eigenvalue weighted by atomic mass is 16.6. The summed E-state index contributed by atoms with van der Waals surface area (Å²) >= 11 is 0. The number of hydrogen-bond acceptors (Lipinski definition) is 6. The molecule has 2 saturated heterocycles. The van der Waals surface area contributed by atoms with Gasteiger partial charge in [-0.15, -0.1) is 0 Å². The molecular formula is C16H20N3O6+. The van der Waals surface area contributed by atoms with E-state index in [1.807, 2.05) is 0 Å². The van der Waals surface area contributed by atoms with Crippen molar-refractivity contribution in [3.8, 4) is 0 Å². The van der Waals surface area contributed by atoms with Gasteiger partial charge in [0.05, 0.1) is 13.2 Å². The molecule has 3 rings (SSSR count). The van der Waals surface area contributed by atoms with Crippen LogP contribution in [0.2, 0.25) is 0 Å². The number of ether oxygens (including phenoxy) is 2. The smallest absolute Gasteiger partial charge is 0.414 e. The Kier molecular flexibility index (Phi) is 4.71. The zero-order chi connectivity index (χ0) is 18.0. The van der Waals surface area contributed by atoms with Crippen LogP contribution < -0.4 is 15.1 Å². The maximum absolute atomic E-state index is 12.4. The van der Waals surface area contributed by atoms with Crippen LogP contribution in [0.4, 0.5) is 16.2 Å². The third kappa shape index (κ3) is 3.21. The molecule has 2 fully saturated rings. The Balaban J connectivity index is 1.88. The number of benzene rings is 1. The van der Waals surface area contributed by atoms with Gasteiger partial charge >= 0.3 is 18.0 Å². The summed E-state index contributed by atoms with van der Waals surface area (Å²) in [5.74, 6) is -1.36. The number of carboxylic acid groups (broad SMARTS) is 1. The number of amides is 2. The number of nitrogens with two attached hydrogens (primary N) is 1. The molecule has 0 spiro atoms. The van der Waals surface area contributed by atoms with E-state index in [1.165, 1.54) is 4.90 Å². The molecule has 1 unspecified atom stereocenters. The van der Waals surface area contributed by atoms with E-state index in [1.54, 1.807) is 24.3 Å². The average molecular weight is 350 g/mol. The molecule has 2 aliphatic heterocycles. The van der Waals surface area contributed by atoms with Crippen molar-refractivity contribution < 1.29 is 29.0 Å². The zero-order valence-electron chi connectivity index (χ0n) is 13.6. The van der Waals surface area contributed by atoms with E-state index in [0.29, 0.717) is 24.5 Å². The van der Waals surface area contributed by atoms with E-state index in [0.717, 1.165) is 0 Å². The van der Waals surface area contributed by atoms with Gasteiger partial charge in [0.2, 0.25) is 0 Å². The van der Waals surface area contributed by atoms with E-state index in [4.69, 9.17) is 15.2 Å². The summed E-state index contributed by atoms with van der Waals surface area (Å²) in [4.78, 5) is 37.1. The van der Waals surface area contributed by atoms with E-state index in [-0.39, 0.29) is 42.7 Å². The highest BCUT2D eigenvalue weighted by molar-refractivity contribution is 5.95. The van der Waals surface area contributed by atoms with Gasteiger partial charge in [-0.05, 0) is 12.1 Å². The summed E-state index contributed by atoms with van der Waals surface area (Å²) in [5.41, 5.74) is 6.69. The van der Waals surface area contributed by atoms with Crippen molar-refractivity contribution in [3.63, 3.8) is 0 Å². The fraction of sp³-hybridized carbons (Fsp3) is 0.438. The molecule has 3 N–H and O–H groups in total. The molecule has 9 nitrogen and oxygen atoms in total. The zero-order valence-corrected chi connectivity index (χ0v) is 13.6. The number of carbonyl (C=O) groups is 3. The number of anilines is 1. The summed E-state index contributed by atoms with van der Waals surface area (Å²) in [6, 6.07) is 6.70. The van der Waals surface area contributed by atoms with E-state index < -0.39 is 12.1 Å². The number of quaternary nitrogens is 1. The maximum atomic E-state index is 12.4. The van der Waals surface area contributed by atoms with Crippen LogP contribution in [-0.2, 0) is 19.1 Å². The van der Waals surface area contributed by atoms with Crippen LogP contribution in [0.1, 0.15) is 0 Å². The monoisotopic (exact) mass is 350 g/mol. The predicted molar refractivity (Wildman–Crippen MR) is 88.1 cm³/mol. The molecule has 2 heterocycles. The molecule has 0 saturated carbocycles. The van der Waals surface area contributed by atoms with Gasteiger partial charge in [-0.25, -0.2) is 18.9 Å². The Labute approximate surface area is 144 Å². The molecular weight excluding hydrogens is 330 g/mol. The minimum Gasteiger partial charge on any atom is -0.477 e. The van der Waals surface area contributed by atoms with Gasteiger partial charge < -0.3 is 20.3 Å². The molecule has 2 amide bonds. The van der Waals surface area contributed by atoms with Crippen LogP contribution >= 0.6 is 0 Å². The van der Waals surface area contributed by atoms with Crippen molar-refractivity contribution in [1.29, 1.82) is 0 Å². The molecule has 0 aromatic heterocycles. The third-order valence-corrected chi connectivity index (χ3v) is 4.52. The van der Waals surface area contributed by atoms with Crippen LogP contribution in [0.25, 0.3) is 0 Å². The number of nitrogens with zero attached hydrogens (tertiary/aromatic N) is 2. The van der Waals surface area contributed by atoms with E-state index in [2.05, 4.69) is 0 Å². The molecule has 0 radical (unpaired) electrons. The highest BCUT2D eigenvalue weighted by Crippen LogP contribution is 2.30. The molecule has 2 aliphatic rings. The van der Waals surface area contributed by atoms with Crippen LogP contribution in [0.3, 0.4) is 0 Å². The van der Waals surface area contributed by atoms with Crippen molar-refractivity contribution in [1.82, 2.24) is 4.48 Å². The van der Waals surface area contributed by atoms with Gasteiger partial charge in [0.1, 0.15) is 18.3 Å². The first-order valence-corrected chi connectivity index (χ1v) is 7.95. The summed E-state index contributed by atoms with van der Waals surface area (Å²) in [7, 11) is 0. The van der Waals surface area contributed by atoms with E-state index >= 15 is 0 Å². The van der Waals surface area contributed by atoms with Gasteiger partial charge in [-0.1, -0.05) is 0 Å². The number of hydrogen-bond donors (Lipinski definition) is 2. The normalized spacial score (nSPS) is 26.6. The minimum absolute atomic E-state index is 0.119. The molecule has 0 bridgehead atoms. The topological polar surface area (TPSA) is 119 Å². The first-order chi connectivity index (χ1) is 12.0. The lowest BCUT2D eigenvalue weighted by Gasteiger charge is -2.36. The molecule has 25 heavy (non-hydrogen) atoms. The van der Waals surface area contributed by atoms with Crippen LogP contribution in [0.15, 0.2) is 24.3 Å². The second kappa shape index (κ2) is 6.79. The fourth-order valence-corrected chi connectivity index (χ4v) is 3.16. The first-order valence-electron chi connectivity index (χ1n) is 7.95. The van der Waals surface area contributed by atoms with Crippen LogP contribution in [0, 0.1) is 0 Å². The maximum Gasteiger partial charge on any atom is 0.414 e. The lowest BCUT2D eigenvalue weighted by atomic mass is 10.1. The Morgan fingerprint density at radius 2 is 2.04 bits per heavy atom. The van der Waals surface area contributed by atoms with Gasteiger partial charge in [0, 0.05) is 24.4 Å². The second-order valence-corrected chi connectivity index (χ2v) is 6.06.